The van der Waals surface area contributed by atoms with Crippen molar-refractivity contribution < 1.29 is 5.11 Å². The third-order valence-electron chi connectivity index (χ3n) is 6.93. The SMILES string of the molecule is Cn1nc2c(c1Cc1ccccc1)CC[C@H]1C(C)(C)C(O)=C(C#N)C[C@]21C. The summed E-state index contributed by atoms with van der Waals surface area (Å²) in [4.78, 5) is 0. The lowest BCUT2D eigenvalue weighted by atomic mass is 9.52. The van der Waals surface area contributed by atoms with E-state index in [1.54, 1.807) is 0 Å². The second-order valence-corrected chi connectivity index (χ2v) is 8.91. The van der Waals surface area contributed by atoms with Gasteiger partial charge in [-0.2, -0.15) is 10.4 Å². The highest BCUT2D eigenvalue weighted by molar-refractivity contribution is 5.45. The highest BCUT2D eigenvalue weighted by atomic mass is 16.3. The van der Waals surface area contributed by atoms with Gasteiger partial charge in [0.15, 0.2) is 0 Å². The largest absolute Gasteiger partial charge is 0.511 e. The summed E-state index contributed by atoms with van der Waals surface area (Å²) >= 11 is 0. The van der Waals surface area contributed by atoms with E-state index in [-0.39, 0.29) is 17.1 Å². The average molecular weight is 361 g/mol. The van der Waals surface area contributed by atoms with E-state index in [0.717, 1.165) is 25.0 Å². The molecule has 2 aromatic rings. The van der Waals surface area contributed by atoms with Crippen LogP contribution in [0, 0.1) is 22.7 Å². The van der Waals surface area contributed by atoms with Crippen molar-refractivity contribution in [3.63, 3.8) is 0 Å². The van der Waals surface area contributed by atoms with Gasteiger partial charge in [0.25, 0.3) is 0 Å². The molecule has 1 aromatic heterocycles. The van der Waals surface area contributed by atoms with Crippen LogP contribution in [0.4, 0.5) is 0 Å². The summed E-state index contributed by atoms with van der Waals surface area (Å²) in [5, 5.41) is 25.3. The Morgan fingerprint density at radius 1 is 1.26 bits per heavy atom. The first-order valence-corrected chi connectivity index (χ1v) is 9.71. The molecule has 1 N–H and O–H groups in total. The van der Waals surface area contributed by atoms with Gasteiger partial charge in [-0.3, -0.25) is 4.68 Å². The Morgan fingerprint density at radius 2 is 1.96 bits per heavy atom. The molecular weight excluding hydrogens is 334 g/mol. The van der Waals surface area contributed by atoms with E-state index in [0.29, 0.717) is 12.0 Å². The molecular formula is C23H27N3O. The number of aliphatic hydroxyl groups is 1. The maximum absolute atomic E-state index is 10.7. The van der Waals surface area contributed by atoms with Crippen molar-refractivity contribution in [2.24, 2.45) is 18.4 Å². The van der Waals surface area contributed by atoms with Gasteiger partial charge in [-0.05, 0) is 36.3 Å². The number of aryl methyl sites for hydroxylation is 1. The number of hydrogen-bond acceptors (Lipinski definition) is 3. The number of aliphatic hydroxyl groups excluding tert-OH is 1. The number of nitrogens with zero attached hydrogens (tertiary/aromatic N) is 3. The third-order valence-corrected chi connectivity index (χ3v) is 6.93. The summed E-state index contributed by atoms with van der Waals surface area (Å²) in [7, 11) is 2.03. The predicted octanol–water partition coefficient (Wildman–Crippen LogP) is 4.60. The van der Waals surface area contributed by atoms with Crippen molar-refractivity contribution in [1.29, 1.82) is 5.26 Å². The number of rotatable bonds is 2. The van der Waals surface area contributed by atoms with E-state index in [2.05, 4.69) is 51.1 Å². The minimum absolute atomic E-state index is 0.221. The van der Waals surface area contributed by atoms with Crippen molar-refractivity contribution in [3.8, 4) is 6.07 Å². The molecule has 0 fully saturated rings. The monoisotopic (exact) mass is 361 g/mol. The van der Waals surface area contributed by atoms with Gasteiger partial charge >= 0.3 is 0 Å². The second kappa shape index (κ2) is 5.99. The minimum atomic E-state index is -0.410. The molecule has 0 spiro atoms. The molecule has 2 atom stereocenters. The van der Waals surface area contributed by atoms with Crippen molar-refractivity contribution in [2.75, 3.05) is 0 Å². The summed E-state index contributed by atoms with van der Waals surface area (Å²) in [6.07, 6.45) is 3.42. The molecule has 140 valence electrons. The van der Waals surface area contributed by atoms with E-state index in [4.69, 9.17) is 5.10 Å². The molecule has 0 saturated carbocycles. The Bertz CT molecular complexity index is 961. The quantitative estimate of drug-likeness (QED) is 0.850. The van der Waals surface area contributed by atoms with Crippen LogP contribution in [0.5, 0.6) is 0 Å². The van der Waals surface area contributed by atoms with Crippen molar-refractivity contribution >= 4 is 0 Å². The van der Waals surface area contributed by atoms with Gasteiger partial charge in [-0.15, -0.1) is 0 Å². The van der Waals surface area contributed by atoms with E-state index in [1.165, 1.54) is 16.8 Å². The highest BCUT2D eigenvalue weighted by Crippen LogP contribution is 2.58. The van der Waals surface area contributed by atoms with Crippen molar-refractivity contribution in [1.82, 2.24) is 9.78 Å². The summed E-state index contributed by atoms with van der Waals surface area (Å²) < 4.78 is 2.03. The first-order chi connectivity index (χ1) is 12.8. The first kappa shape index (κ1) is 17.9. The molecule has 4 nitrogen and oxygen atoms in total. The number of benzene rings is 1. The van der Waals surface area contributed by atoms with Crippen LogP contribution in [0.15, 0.2) is 41.7 Å². The Labute approximate surface area is 161 Å². The molecule has 27 heavy (non-hydrogen) atoms. The van der Waals surface area contributed by atoms with Crippen LogP contribution in [0.3, 0.4) is 0 Å². The van der Waals surface area contributed by atoms with E-state index >= 15 is 0 Å². The molecule has 0 saturated heterocycles. The van der Waals surface area contributed by atoms with Gasteiger partial charge in [-0.1, -0.05) is 51.1 Å². The number of hydrogen-bond donors (Lipinski definition) is 1. The maximum Gasteiger partial charge on any atom is 0.112 e. The summed E-state index contributed by atoms with van der Waals surface area (Å²) in [6, 6.07) is 12.8. The fraction of sp³-hybridized carbons (Fsp3) is 0.478. The van der Waals surface area contributed by atoms with E-state index in [9.17, 15) is 10.4 Å². The Kier molecular flexibility index (Phi) is 3.96. The van der Waals surface area contributed by atoms with Gasteiger partial charge in [0, 0.05) is 30.0 Å². The Hall–Kier alpha value is -2.54. The van der Waals surface area contributed by atoms with Gasteiger partial charge in [0.2, 0.25) is 0 Å². The fourth-order valence-electron chi connectivity index (χ4n) is 5.57. The lowest BCUT2D eigenvalue weighted by Crippen LogP contribution is -2.49. The standard InChI is InChI=1S/C23H27N3O/c1-22(2)19-11-10-17-18(12-15-8-6-5-7-9-15)26(4)25-20(17)23(19,3)13-16(14-24)21(22)27/h5-9,19,27H,10-13H2,1-4H3/t19-,23-/m0/s1. The molecule has 2 aliphatic carbocycles. The van der Waals surface area contributed by atoms with Crippen LogP contribution in [-0.2, 0) is 25.3 Å². The minimum Gasteiger partial charge on any atom is -0.511 e. The summed E-state index contributed by atoms with van der Waals surface area (Å²) in [5.41, 5.74) is 4.91. The smallest absolute Gasteiger partial charge is 0.112 e. The molecule has 0 radical (unpaired) electrons. The molecule has 2 aliphatic rings. The van der Waals surface area contributed by atoms with Crippen molar-refractivity contribution in [2.45, 2.75) is 51.9 Å². The third kappa shape index (κ3) is 2.52. The van der Waals surface area contributed by atoms with Crippen LogP contribution >= 0.6 is 0 Å². The van der Waals surface area contributed by atoms with E-state index < -0.39 is 5.41 Å². The zero-order chi connectivity index (χ0) is 19.4. The molecule has 0 aliphatic heterocycles. The van der Waals surface area contributed by atoms with Gasteiger partial charge in [-0.25, -0.2) is 0 Å². The van der Waals surface area contributed by atoms with Crippen LogP contribution in [0.25, 0.3) is 0 Å². The highest BCUT2D eigenvalue weighted by Gasteiger charge is 2.55. The van der Waals surface area contributed by atoms with Crippen LogP contribution in [0.1, 0.15) is 56.1 Å². The molecule has 1 heterocycles. The summed E-state index contributed by atoms with van der Waals surface area (Å²) in [5.74, 6) is 0.547. The zero-order valence-corrected chi connectivity index (χ0v) is 16.6. The molecule has 0 unspecified atom stereocenters. The van der Waals surface area contributed by atoms with Gasteiger partial charge < -0.3 is 5.11 Å². The normalized spacial score (nSPS) is 26.3. The topological polar surface area (TPSA) is 61.8 Å². The van der Waals surface area contributed by atoms with Crippen molar-refractivity contribution in [3.05, 3.63) is 64.2 Å². The number of aromatic nitrogens is 2. The molecule has 4 heteroatoms. The van der Waals surface area contributed by atoms with E-state index in [1.807, 2.05) is 17.8 Å². The lowest BCUT2D eigenvalue weighted by Gasteiger charge is -2.51. The molecule has 0 bridgehead atoms. The zero-order valence-electron chi connectivity index (χ0n) is 16.6. The maximum atomic E-state index is 10.7. The van der Waals surface area contributed by atoms with Crippen LogP contribution in [-0.4, -0.2) is 14.9 Å². The Balaban J connectivity index is 1.82. The number of allylic oxidation sites excluding steroid dienone is 2. The fourth-order valence-corrected chi connectivity index (χ4v) is 5.57. The van der Waals surface area contributed by atoms with Crippen LogP contribution in [0.2, 0.25) is 0 Å². The number of nitriles is 1. The average Bonchev–Trinajstić information content (AvgIpc) is 2.96. The molecule has 4 rings (SSSR count). The molecule has 0 amide bonds. The predicted molar refractivity (Wildman–Crippen MR) is 105 cm³/mol. The second-order valence-electron chi connectivity index (χ2n) is 8.91. The van der Waals surface area contributed by atoms with Gasteiger partial charge in [0.05, 0.1) is 17.3 Å². The first-order valence-electron chi connectivity index (χ1n) is 9.71. The van der Waals surface area contributed by atoms with Gasteiger partial charge in [0.1, 0.15) is 5.76 Å². The summed E-state index contributed by atoms with van der Waals surface area (Å²) in [6.45, 7) is 6.38. The lowest BCUT2D eigenvalue weighted by molar-refractivity contribution is 0.0632. The molecule has 1 aromatic carbocycles. The Morgan fingerprint density at radius 3 is 2.63 bits per heavy atom. The van der Waals surface area contributed by atoms with Crippen LogP contribution < -0.4 is 0 Å². The number of fused-ring (bicyclic) bond motifs is 3.